The maximum atomic E-state index is 13.9. The van der Waals surface area contributed by atoms with E-state index < -0.39 is 0 Å². The molecule has 0 bridgehead atoms. The van der Waals surface area contributed by atoms with Gasteiger partial charge in [0, 0.05) is 43.9 Å². The highest BCUT2D eigenvalue weighted by Gasteiger charge is 2.23. The van der Waals surface area contributed by atoms with Crippen molar-refractivity contribution in [1.82, 2.24) is 9.88 Å². The molecule has 26 heavy (non-hydrogen) atoms. The fraction of sp³-hybridized carbons (Fsp3) is 0.500. The smallest absolute Gasteiger partial charge is 0.223 e. The zero-order valence-electron chi connectivity index (χ0n) is 14.9. The number of piperazine rings is 1. The summed E-state index contributed by atoms with van der Waals surface area (Å²) >= 11 is 1.79. The maximum Gasteiger partial charge on any atom is 0.223 e. The SMILES string of the molecule is O=C(CCc1nc2c(s1)CCCC2)N1CCN(c2ccccc2F)CC1. The van der Waals surface area contributed by atoms with Gasteiger partial charge >= 0.3 is 0 Å². The fourth-order valence-corrected chi connectivity index (χ4v) is 4.95. The lowest BCUT2D eigenvalue weighted by Crippen LogP contribution is -2.49. The first-order valence-electron chi connectivity index (χ1n) is 9.45. The quantitative estimate of drug-likeness (QED) is 0.824. The van der Waals surface area contributed by atoms with Gasteiger partial charge in [0.15, 0.2) is 0 Å². The molecule has 1 amide bonds. The van der Waals surface area contributed by atoms with Gasteiger partial charge in [0.05, 0.1) is 16.4 Å². The van der Waals surface area contributed by atoms with Crippen molar-refractivity contribution in [2.24, 2.45) is 0 Å². The number of hydrogen-bond donors (Lipinski definition) is 0. The van der Waals surface area contributed by atoms with E-state index in [1.165, 1.54) is 29.5 Å². The second-order valence-electron chi connectivity index (χ2n) is 7.00. The summed E-state index contributed by atoms with van der Waals surface area (Å²) in [6, 6.07) is 6.84. The minimum Gasteiger partial charge on any atom is -0.366 e. The van der Waals surface area contributed by atoms with Crippen LogP contribution in [0.15, 0.2) is 24.3 Å². The van der Waals surface area contributed by atoms with Crippen LogP contribution in [-0.4, -0.2) is 42.0 Å². The molecule has 0 spiro atoms. The number of fused-ring (bicyclic) bond motifs is 1. The van der Waals surface area contributed by atoms with Crippen LogP contribution in [0.3, 0.4) is 0 Å². The standard InChI is InChI=1S/C20H24FN3OS/c21-15-5-1-3-7-17(15)23-11-13-24(14-12-23)20(25)10-9-19-22-16-6-2-4-8-18(16)26-19/h1,3,5,7H,2,4,6,8-14H2. The van der Waals surface area contributed by atoms with Crippen molar-refractivity contribution in [1.29, 1.82) is 0 Å². The van der Waals surface area contributed by atoms with E-state index in [2.05, 4.69) is 0 Å². The molecule has 1 fully saturated rings. The molecule has 0 saturated carbocycles. The van der Waals surface area contributed by atoms with Gasteiger partial charge < -0.3 is 9.80 Å². The minimum absolute atomic E-state index is 0.186. The molecule has 0 unspecified atom stereocenters. The Morgan fingerprint density at radius 3 is 2.65 bits per heavy atom. The highest BCUT2D eigenvalue weighted by atomic mass is 32.1. The minimum atomic E-state index is -0.194. The highest BCUT2D eigenvalue weighted by Crippen LogP contribution is 2.27. The molecule has 1 saturated heterocycles. The molecule has 2 aromatic rings. The number of carbonyl (C=O) groups excluding carboxylic acids is 1. The van der Waals surface area contributed by atoms with E-state index in [0.717, 1.165) is 24.3 Å². The largest absolute Gasteiger partial charge is 0.366 e. The van der Waals surface area contributed by atoms with Gasteiger partial charge in [0.2, 0.25) is 5.91 Å². The molecule has 1 aliphatic carbocycles. The fourth-order valence-electron chi connectivity index (χ4n) is 3.79. The molecule has 0 N–H and O–H groups in total. The summed E-state index contributed by atoms with van der Waals surface area (Å²) in [6.07, 6.45) is 6.01. The lowest BCUT2D eigenvalue weighted by Gasteiger charge is -2.36. The van der Waals surface area contributed by atoms with Crippen molar-refractivity contribution in [2.45, 2.75) is 38.5 Å². The molecular weight excluding hydrogens is 349 g/mol. The lowest BCUT2D eigenvalue weighted by molar-refractivity contribution is -0.131. The van der Waals surface area contributed by atoms with Crippen LogP contribution in [0.5, 0.6) is 0 Å². The number of aromatic nitrogens is 1. The number of amides is 1. The molecular formula is C20H24FN3OS. The first kappa shape index (κ1) is 17.5. The Balaban J connectivity index is 1.28. The van der Waals surface area contributed by atoms with E-state index in [0.29, 0.717) is 38.3 Å². The van der Waals surface area contributed by atoms with Crippen molar-refractivity contribution < 1.29 is 9.18 Å². The molecule has 4 nitrogen and oxygen atoms in total. The predicted octanol–water partition coefficient (Wildman–Crippen LogP) is 3.44. The van der Waals surface area contributed by atoms with Crippen LogP contribution >= 0.6 is 11.3 Å². The van der Waals surface area contributed by atoms with Crippen molar-refractivity contribution in [3.63, 3.8) is 0 Å². The molecule has 4 rings (SSSR count). The van der Waals surface area contributed by atoms with Gasteiger partial charge in [-0.15, -0.1) is 11.3 Å². The van der Waals surface area contributed by atoms with Crippen molar-refractivity contribution in [2.75, 3.05) is 31.1 Å². The average Bonchev–Trinajstić information content (AvgIpc) is 3.10. The van der Waals surface area contributed by atoms with E-state index in [-0.39, 0.29) is 11.7 Å². The van der Waals surface area contributed by atoms with Gasteiger partial charge in [0.1, 0.15) is 5.82 Å². The van der Waals surface area contributed by atoms with Crippen LogP contribution in [0.1, 0.15) is 34.8 Å². The maximum absolute atomic E-state index is 13.9. The Bertz CT molecular complexity index is 760. The van der Waals surface area contributed by atoms with Crippen LogP contribution in [0, 0.1) is 5.82 Å². The molecule has 6 heteroatoms. The van der Waals surface area contributed by atoms with E-state index >= 15 is 0 Å². The Morgan fingerprint density at radius 1 is 1.12 bits per heavy atom. The summed E-state index contributed by atoms with van der Waals surface area (Å²) in [7, 11) is 0. The number of anilines is 1. The van der Waals surface area contributed by atoms with Gasteiger partial charge in [-0.25, -0.2) is 9.37 Å². The third-order valence-electron chi connectivity index (χ3n) is 5.27. The molecule has 0 radical (unpaired) electrons. The molecule has 1 aromatic heterocycles. The summed E-state index contributed by atoms with van der Waals surface area (Å²) < 4.78 is 13.9. The Kier molecular flexibility index (Phi) is 5.20. The first-order chi connectivity index (χ1) is 12.7. The number of aryl methyl sites for hydroxylation is 3. The number of rotatable bonds is 4. The monoisotopic (exact) mass is 373 g/mol. The first-order valence-corrected chi connectivity index (χ1v) is 10.3. The summed E-state index contributed by atoms with van der Waals surface area (Å²) in [5.74, 6) is -0.00799. The predicted molar refractivity (Wildman–Crippen MR) is 102 cm³/mol. The van der Waals surface area contributed by atoms with Crippen LogP contribution in [0.25, 0.3) is 0 Å². The van der Waals surface area contributed by atoms with Gasteiger partial charge in [0.25, 0.3) is 0 Å². The van der Waals surface area contributed by atoms with Gasteiger partial charge in [-0.05, 0) is 37.8 Å². The summed E-state index contributed by atoms with van der Waals surface area (Å²) in [5, 5.41) is 1.11. The second-order valence-corrected chi connectivity index (χ2v) is 8.17. The Morgan fingerprint density at radius 2 is 1.88 bits per heavy atom. The molecule has 1 aromatic carbocycles. The van der Waals surface area contributed by atoms with E-state index in [1.54, 1.807) is 23.5 Å². The molecule has 2 aliphatic rings. The number of carbonyl (C=O) groups is 1. The summed E-state index contributed by atoms with van der Waals surface area (Å²) in [5.41, 5.74) is 1.90. The third kappa shape index (κ3) is 3.75. The summed E-state index contributed by atoms with van der Waals surface area (Å²) in [4.78, 5) is 22.6. The number of nitrogens with zero attached hydrogens (tertiary/aromatic N) is 3. The molecule has 1 aliphatic heterocycles. The van der Waals surface area contributed by atoms with E-state index in [1.807, 2.05) is 15.9 Å². The van der Waals surface area contributed by atoms with Gasteiger partial charge in [-0.2, -0.15) is 0 Å². The van der Waals surface area contributed by atoms with Gasteiger partial charge in [-0.3, -0.25) is 4.79 Å². The number of benzene rings is 1. The van der Waals surface area contributed by atoms with Crippen LogP contribution < -0.4 is 4.90 Å². The normalized spacial score (nSPS) is 17.3. The van der Waals surface area contributed by atoms with Crippen molar-refractivity contribution in [3.05, 3.63) is 45.7 Å². The zero-order valence-corrected chi connectivity index (χ0v) is 15.7. The number of halogens is 1. The topological polar surface area (TPSA) is 36.4 Å². The van der Waals surface area contributed by atoms with Gasteiger partial charge in [-0.1, -0.05) is 12.1 Å². The van der Waals surface area contributed by atoms with Crippen LogP contribution in [-0.2, 0) is 24.1 Å². The molecule has 0 atom stereocenters. The lowest BCUT2D eigenvalue weighted by atomic mass is 10.0. The Hall–Kier alpha value is -1.95. The second kappa shape index (κ2) is 7.74. The molecule has 138 valence electrons. The summed E-state index contributed by atoms with van der Waals surface area (Å²) in [6.45, 7) is 2.67. The van der Waals surface area contributed by atoms with Crippen LogP contribution in [0.4, 0.5) is 10.1 Å². The van der Waals surface area contributed by atoms with Crippen LogP contribution in [0.2, 0.25) is 0 Å². The average molecular weight is 373 g/mol. The van der Waals surface area contributed by atoms with E-state index in [9.17, 15) is 9.18 Å². The molecule has 2 heterocycles. The third-order valence-corrected chi connectivity index (χ3v) is 6.49. The number of para-hydroxylation sites is 1. The van der Waals surface area contributed by atoms with E-state index in [4.69, 9.17) is 4.98 Å². The van der Waals surface area contributed by atoms with Crippen molar-refractivity contribution >= 4 is 22.9 Å². The zero-order chi connectivity index (χ0) is 17.9. The number of hydrogen-bond acceptors (Lipinski definition) is 4. The highest BCUT2D eigenvalue weighted by molar-refractivity contribution is 7.11. The van der Waals surface area contributed by atoms with Crippen molar-refractivity contribution in [3.8, 4) is 0 Å². The number of thiazole rings is 1. The Labute approximate surface area is 157 Å².